The van der Waals surface area contributed by atoms with Gasteiger partial charge in [0.2, 0.25) is 0 Å². The van der Waals surface area contributed by atoms with Crippen LogP contribution in [-0.2, 0) is 6.61 Å². The molecule has 0 fully saturated rings. The van der Waals surface area contributed by atoms with Crippen molar-refractivity contribution in [2.75, 3.05) is 0 Å². The molecular formula is C18H14N2O. The van der Waals surface area contributed by atoms with Gasteiger partial charge in [-0.25, -0.2) is 0 Å². The standard InChI is InChI=1S/C18H14N2O/c1-13-7-16(21-12-14-5-3-2-4-6-14)8-17-15(9-19)10-20-11-18(13)17/h2-8,10-11H,12H2,1H3. The Bertz CT molecular complexity index is 820. The largest absolute Gasteiger partial charge is 0.489 e. The number of hydrogen-bond donors (Lipinski definition) is 0. The van der Waals surface area contributed by atoms with Gasteiger partial charge in [-0.2, -0.15) is 5.26 Å². The van der Waals surface area contributed by atoms with E-state index in [0.717, 1.165) is 27.6 Å². The zero-order valence-electron chi connectivity index (χ0n) is 11.7. The molecule has 102 valence electrons. The molecule has 0 amide bonds. The third-order valence-corrected chi connectivity index (χ3v) is 3.43. The fourth-order valence-electron chi connectivity index (χ4n) is 2.33. The maximum Gasteiger partial charge on any atom is 0.120 e. The van der Waals surface area contributed by atoms with E-state index in [1.54, 1.807) is 12.4 Å². The van der Waals surface area contributed by atoms with Crippen LogP contribution in [-0.4, -0.2) is 4.98 Å². The molecule has 0 aliphatic rings. The minimum atomic E-state index is 0.513. The van der Waals surface area contributed by atoms with Crippen molar-refractivity contribution < 1.29 is 4.74 Å². The number of aromatic nitrogens is 1. The molecule has 1 aromatic heterocycles. The summed E-state index contributed by atoms with van der Waals surface area (Å²) in [6, 6.07) is 16.1. The van der Waals surface area contributed by atoms with Gasteiger partial charge in [0, 0.05) is 23.2 Å². The Labute approximate surface area is 123 Å². The van der Waals surface area contributed by atoms with Gasteiger partial charge in [-0.05, 0) is 30.2 Å². The Balaban J connectivity index is 1.95. The topological polar surface area (TPSA) is 45.9 Å². The molecule has 3 aromatic rings. The highest BCUT2D eigenvalue weighted by molar-refractivity contribution is 5.90. The Hall–Kier alpha value is -2.86. The van der Waals surface area contributed by atoms with Gasteiger partial charge in [-0.1, -0.05) is 30.3 Å². The fraction of sp³-hybridized carbons (Fsp3) is 0.111. The molecule has 0 N–H and O–H groups in total. The summed E-state index contributed by atoms with van der Waals surface area (Å²) in [7, 11) is 0. The van der Waals surface area contributed by atoms with Crippen molar-refractivity contribution in [2.45, 2.75) is 13.5 Å². The number of pyridine rings is 1. The van der Waals surface area contributed by atoms with Crippen molar-refractivity contribution in [1.29, 1.82) is 5.26 Å². The lowest BCUT2D eigenvalue weighted by Crippen LogP contribution is -1.96. The van der Waals surface area contributed by atoms with Crippen LogP contribution < -0.4 is 4.74 Å². The third-order valence-electron chi connectivity index (χ3n) is 3.43. The Morgan fingerprint density at radius 1 is 1.10 bits per heavy atom. The molecule has 2 aromatic carbocycles. The summed E-state index contributed by atoms with van der Waals surface area (Å²) in [5.74, 6) is 0.770. The average molecular weight is 274 g/mol. The molecule has 1 heterocycles. The summed E-state index contributed by atoms with van der Waals surface area (Å²) in [4.78, 5) is 4.10. The van der Waals surface area contributed by atoms with Gasteiger partial charge in [0.1, 0.15) is 18.4 Å². The lowest BCUT2D eigenvalue weighted by atomic mass is 10.0. The first-order chi connectivity index (χ1) is 10.3. The first-order valence-corrected chi connectivity index (χ1v) is 6.73. The zero-order valence-corrected chi connectivity index (χ0v) is 11.7. The van der Waals surface area contributed by atoms with Gasteiger partial charge in [0.15, 0.2) is 0 Å². The highest BCUT2D eigenvalue weighted by atomic mass is 16.5. The van der Waals surface area contributed by atoms with E-state index in [1.165, 1.54) is 0 Å². The van der Waals surface area contributed by atoms with Gasteiger partial charge in [0.25, 0.3) is 0 Å². The van der Waals surface area contributed by atoms with E-state index in [0.29, 0.717) is 12.2 Å². The van der Waals surface area contributed by atoms with Crippen LogP contribution in [0.25, 0.3) is 10.8 Å². The van der Waals surface area contributed by atoms with E-state index < -0.39 is 0 Å². The molecule has 0 spiro atoms. The van der Waals surface area contributed by atoms with E-state index >= 15 is 0 Å². The number of fused-ring (bicyclic) bond motifs is 1. The van der Waals surface area contributed by atoms with E-state index in [1.807, 2.05) is 49.4 Å². The maximum absolute atomic E-state index is 9.19. The highest BCUT2D eigenvalue weighted by Crippen LogP contribution is 2.27. The van der Waals surface area contributed by atoms with Crippen LogP contribution in [0.3, 0.4) is 0 Å². The van der Waals surface area contributed by atoms with Gasteiger partial charge in [0.05, 0.1) is 5.56 Å². The molecule has 3 heteroatoms. The zero-order chi connectivity index (χ0) is 14.7. The van der Waals surface area contributed by atoms with Crippen LogP contribution in [0.1, 0.15) is 16.7 Å². The molecule has 3 nitrogen and oxygen atoms in total. The molecule has 0 aliphatic carbocycles. The third kappa shape index (κ3) is 2.70. The lowest BCUT2D eigenvalue weighted by molar-refractivity contribution is 0.306. The van der Waals surface area contributed by atoms with E-state index in [9.17, 15) is 5.26 Å². The number of aryl methyl sites for hydroxylation is 1. The first-order valence-electron chi connectivity index (χ1n) is 6.73. The van der Waals surface area contributed by atoms with Crippen LogP contribution >= 0.6 is 0 Å². The summed E-state index contributed by atoms with van der Waals surface area (Å²) in [6.45, 7) is 2.51. The number of nitrogens with zero attached hydrogens (tertiary/aromatic N) is 2. The number of ether oxygens (including phenoxy) is 1. The second-order valence-electron chi connectivity index (χ2n) is 4.91. The molecule has 0 radical (unpaired) electrons. The lowest BCUT2D eigenvalue weighted by Gasteiger charge is -2.10. The van der Waals surface area contributed by atoms with Crippen molar-refractivity contribution in [3.63, 3.8) is 0 Å². The van der Waals surface area contributed by atoms with Gasteiger partial charge in [-0.15, -0.1) is 0 Å². The van der Waals surface area contributed by atoms with Crippen LogP contribution in [0.4, 0.5) is 0 Å². The van der Waals surface area contributed by atoms with E-state index in [4.69, 9.17) is 4.74 Å². The first kappa shape index (κ1) is 13.1. The minimum Gasteiger partial charge on any atom is -0.489 e. The molecule has 3 rings (SSSR count). The van der Waals surface area contributed by atoms with Crippen molar-refractivity contribution >= 4 is 10.8 Å². The predicted molar refractivity (Wildman–Crippen MR) is 82.0 cm³/mol. The molecule has 0 saturated carbocycles. The van der Waals surface area contributed by atoms with Gasteiger partial charge in [-0.3, -0.25) is 4.98 Å². The van der Waals surface area contributed by atoms with Crippen molar-refractivity contribution in [3.8, 4) is 11.8 Å². The Morgan fingerprint density at radius 3 is 2.67 bits per heavy atom. The second kappa shape index (κ2) is 5.64. The van der Waals surface area contributed by atoms with Crippen LogP contribution in [0.15, 0.2) is 54.9 Å². The molecule has 0 aliphatic heterocycles. The maximum atomic E-state index is 9.19. The van der Waals surface area contributed by atoms with Crippen molar-refractivity contribution in [2.24, 2.45) is 0 Å². The number of nitriles is 1. The minimum absolute atomic E-state index is 0.513. The van der Waals surface area contributed by atoms with Crippen LogP contribution in [0, 0.1) is 18.3 Å². The second-order valence-corrected chi connectivity index (χ2v) is 4.91. The van der Waals surface area contributed by atoms with E-state index in [-0.39, 0.29) is 0 Å². The predicted octanol–water partition coefficient (Wildman–Crippen LogP) is 3.99. The molecule has 21 heavy (non-hydrogen) atoms. The highest BCUT2D eigenvalue weighted by Gasteiger charge is 2.07. The van der Waals surface area contributed by atoms with Crippen LogP contribution in [0.5, 0.6) is 5.75 Å². The quantitative estimate of drug-likeness (QED) is 0.725. The normalized spacial score (nSPS) is 10.3. The Kier molecular flexibility index (Phi) is 3.53. The smallest absolute Gasteiger partial charge is 0.120 e. The summed E-state index contributed by atoms with van der Waals surface area (Å²) in [5, 5.41) is 11.1. The summed E-state index contributed by atoms with van der Waals surface area (Å²) < 4.78 is 5.85. The van der Waals surface area contributed by atoms with Crippen molar-refractivity contribution in [3.05, 3.63) is 71.5 Å². The average Bonchev–Trinajstić information content (AvgIpc) is 2.53. The number of hydrogen-bond acceptors (Lipinski definition) is 3. The number of rotatable bonds is 3. The summed E-state index contributed by atoms with van der Waals surface area (Å²) in [6.07, 6.45) is 3.37. The van der Waals surface area contributed by atoms with Gasteiger partial charge < -0.3 is 4.74 Å². The molecule has 0 bridgehead atoms. The molecule has 0 unspecified atom stereocenters. The van der Waals surface area contributed by atoms with Crippen molar-refractivity contribution in [1.82, 2.24) is 4.98 Å². The molecule has 0 atom stereocenters. The fourth-order valence-corrected chi connectivity index (χ4v) is 2.33. The SMILES string of the molecule is Cc1cc(OCc2ccccc2)cc2c(C#N)cncc12. The molecule has 0 saturated heterocycles. The number of benzene rings is 2. The van der Waals surface area contributed by atoms with E-state index in [2.05, 4.69) is 11.1 Å². The van der Waals surface area contributed by atoms with Gasteiger partial charge >= 0.3 is 0 Å². The molecular weight excluding hydrogens is 260 g/mol. The summed E-state index contributed by atoms with van der Waals surface area (Å²) >= 11 is 0. The van der Waals surface area contributed by atoms with Crippen LogP contribution in [0.2, 0.25) is 0 Å². The Morgan fingerprint density at radius 2 is 1.90 bits per heavy atom. The monoisotopic (exact) mass is 274 g/mol. The summed E-state index contributed by atoms with van der Waals surface area (Å²) in [5.41, 5.74) is 2.74.